The lowest BCUT2D eigenvalue weighted by Gasteiger charge is -2.22. The third-order valence-electron chi connectivity index (χ3n) is 1.79. The van der Waals surface area contributed by atoms with E-state index in [2.05, 4.69) is 24.8 Å². The van der Waals surface area contributed by atoms with Gasteiger partial charge < -0.3 is 0 Å². The summed E-state index contributed by atoms with van der Waals surface area (Å²) in [4.78, 5) is 2.15. The Labute approximate surface area is 61.8 Å². The largest absolute Gasteiger partial charge is 0.279 e. The van der Waals surface area contributed by atoms with Crippen LogP contribution in [0.4, 0.5) is 0 Å². The summed E-state index contributed by atoms with van der Waals surface area (Å²) in [6, 6.07) is 2.72. The van der Waals surface area contributed by atoms with Gasteiger partial charge in [0.05, 0.1) is 6.07 Å². The van der Waals surface area contributed by atoms with Gasteiger partial charge in [-0.2, -0.15) is 5.26 Å². The van der Waals surface area contributed by atoms with E-state index in [0.717, 1.165) is 6.54 Å². The van der Waals surface area contributed by atoms with Crippen LogP contribution in [0.2, 0.25) is 0 Å². The third kappa shape index (κ3) is 1.19. The fraction of sp³-hybridized carbons (Fsp3) is 0.625. The minimum absolute atomic E-state index is 0.0139. The van der Waals surface area contributed by atoms with Gasteiger partial charge in [-0.05, 0) is 13.8 Å². The molecule has 0 saturated heterocycles. The fourth-order valence-electron chi connectivity index (χ4n) is 1.18. The summed E-state index contributed by atoms with van der Waals surface area (Å²) in [6.07, 6.45) is 4.01. The van der Waals surface area contributed by atoms with Crippen molar-refractivity contribution < 1.29 is 0 Å². The predicted molar refractivity (Wildman–Crippen MR) is 40.4 cm³/mol. The highest BCUT2D eigenvalue weighted by Crippen LogP contribution is 2.11. The SMILES string of the molecule is CC(C)N1CC=CC1C#N. The Bertz CT molecular complexity index is 176. The fourth-order valence-corrected chi connectivity index (χ4v) is 1.18. The molecule has 0 aliphatic carbocycles. The van der Waals surface area contributed by atoms with Crippen LogP contribution in [0.3, 0.4) is 0 Å². The van der Waals surface area contributed by atoms with Crippen molar-refractivity contribution >= 4 is 0 Å². The van der Waals surface area contributed by atoms with E-state index in [9.17, 15) is 0 Å². The Morgan fingerprint density at radius 2 is 2.40 bits per heavy atom. The van der Waals surface area contributed by atoms with Crippen molar-refractivity contribution in [1.82, 2.24) is 4.90 Å². The Hall–Kier alpha value is -0.810. The number of nitrogens with zero attached hydrogens (tertiary/aromatic N) is 2. The minimum atomic E-state index is 0.0139. The van der Waals surface area contributed by atoms with Gasteiger partial charge in [-0.1, -0.05) is 12.2 Å². The van der Waals surface area contributed by atoms with Crippen molar-refractivity contribution in [2.75, 3.05) is 6.54 Å². The summed E-state index contributed by atoms with van der Waals surface area (Å²) in [5, 5.41) is 8.64. The monoisotopic (exact) mass is 136 g/mol. The molecule has 0 saturated carbocycles. The number of rotatable bonds is 1. The minimum Gasteiger partial charge on any atom is -0.279 e. The molecule has 0 bridgehead atoms. The zero-order valence-electron chi connectivity index (χ0n) is 6.41. The molecule has 1 atom stereocenters. The van der Waals surface area contributed by atoms with Gasteiger partial charge in [0, 0.05) is 12.6 Å². The van der Waals surface area contributed by atoms with Crippen LogP contribution < -0.4 is 0 Å². The zero-order valence-corrected chi connectivity index (χ0v) is 6.41. The molecule has 0 aromatic heterocycles. The summed E-state index contributed by atoms with van der Waals surface area (Å²) in [5.41, 5.74) is 0. The van der Waals surface area contributed by atoms with E-state index in [0.29, 0.717) is 6.04 Å². The molecule has 54 valence electrons. The van der Waals surface area contributed by atoms with Crippen molar-refractivity contribution in [3.8, 4) is 6.07 Å². The maximum absolute atomic E-state index is 8.64. The molecule has 1 rings (SSSR count). The molecule has 2 nitrogen and oxygen atoms in total. The second-order valence-electron chi connectivity index (χ2n) is 2.79. The maximum Gasteiger partial charge on any atom is 0.117 e. The second-order valence-corrected chi connectivity index (χ2v) is 2.79. The van der Waals surface area contributed by atoms with Crippen LogP contribution in [0.5, 0.6) is 0 Å². The topological polar surface area (TPSA) is 27.0 Å². The summed E-state index contributed by atoms with van der Waals surface area (Å²) >= 11 is 0. The molecule has 2 heteroatoms. The van der Waals surface area contributed by atoms with Crippen molar-refractivity contribution in [2.45, 2.75) is 25.9 Å². The van der Waals surface area contributed by atoms with Gasteiger partial charge in [0.1, 0.15) is 6.04 Å². The summed E-state index contributed by atoms with van der Waals surface area (Å²) in [5.74, 6) is 0. The van der Waals surface area contributed by atoms with Gasteiger partial charge in [-0.15, -0.1) is 0 Å². The molecule has 0 aromatic carbocycles. The maximum atomic E-state index is 8.64. The number of nitriles is 1. The first kappa shape index (κ1) is 7.30. The summed E-state index contributed by atoms with van der Waals surface area (Å²) in [6.45, 7) is 5.14. The average molecular weight is 136 g/mol. The molecular formula is C8H12N2. The van der Waals surface area contributed by atoms with Crippen LogP contribution >= 0.6 is 0 Å². The number of hydrogen-bond acceptors (Lipinski definition) is 2. The van der Waals surface area contributed by atoms with E-state index in [-0.39, 0.29) is 6.04 Å². The lowest BCUT2D eigenvalue weighted by molar-refractivity contribution is 0.251. The van der Waals surface area contributed by atoms with E-state index in [1.165, 1.54) is 0 Å². The third-order valence-corrected chi connectivity index (χ3v) is 1.79. The smallest absolute Gasteiger partial charge is 0.117 e. The van der Waals surface area contributed by atoms with E-state index < -0.39 is 0 Å². The van der Waals surface area contributed by atoms with Crippen molar-refractivity contribution in [2.24, 2.45) is 0 Å². The summed E-state index contributed by atoms with van der Waals surface area (Å²) in [7, 11) is 0. The quantitative estimate of drug-likeness (QED) is 0.506. The standard InChI is InChI=1S/C8H12N2/c1-7(2)10-5-3-4-8(10)6-9/h3-4,7-8H,5H2,1-2H3. The Morgan fingerprint density at radius 3 is 2.80 bits per heavy atom. The molecule has 0 radical (unpaired) electrons. The molecule has 10 heavy (non-hydrogen) atoms. The highest BCUT2D eigenvalue weighted by atomic mass is 15.2. The molecule has 1 unspecified atom stereocenters. The van der Waals surface area contributed by atoms with Gasteiger partial charge in [0.15, 0.2) is 0 Å². The van der Waals surface area contributed by atoms with Crippen LogP contribution in [0, 0.1) is 11.3 Å². The lowest BCUT2D eigenvalue weighted by Crippen LogP contribution is -2.34. The molecule has 1 aliphatic heterocycles. The van der Waals surface area contributed by atoms with Crippen molar-refractivity contribution in [3.05, 3.63) is 12.2 Å². The van der Waals surface area contributed by atoms with E-state index in [1.807, 2.05) is 12.2 Å². The van der Waals surface area contributed by atoms with Crippen molar-refractivity contribution in [3.63, 3.8) is 0 Å². The molecule has 0 amide bonds. The molecule has 0 fully saturated rings. The molecule has 0 spiro atoms. The van der Waals surface area contributed by atoms with Gasteiger partial charge in [-0.3, -0.25) is 4.90 Å². The molecule has 0 N–H and O–H groups in total. The Balaban J connectivity index is 2.58. The van der Waals surface area contributed by atoms with E-state index in [4.69, 9.17) is 5.26 Å². The van der Waals surface area contributed by atoms with Crippen molar-refractivity contribution in [1.29, 1.82) is 5.26 Å². The highest BCUT2D eigenvalue weighted by Gasteiger charge is 2.20. The first-order valence-corrected chi connectivity index (χ1v) is 3.57. The number of hydrogen-bond donors (Lipinski definition) is 0. The van der Waals surface area contributed by atoms with E-state index in [1.54, 1.807) is 0 Å². The normalized spacial score (nSPS) is 25.6. The summed E-state index contributed by atoms with van der Waals surface area (Å²) < 4.78 is 0. The van der Waals surface area contributed by atoms with Crippen LogP contribution in [-0.4, -0.2) is 23.5 Å². The first-order chi connectivity index (χ1) is 4.75. The average Bonchev–Trinajstić information content (AvgIpc) is 2.33. The van der Waals surface area contributed by atoms with E-state index >= 15 is 0 Å². The van der Waals surface area contributed by atoms with Gasteiger partial charge >= 0.3 is 0 Å². The van der Waals surface area contributed by atoms with Gasteiger partial charge in [0.25, 0.3) is 0 Å². The molecule has 1 aliphatic rings. The predicted octanol–water partition coefficient (Wildman–Crippen LogP) is 1.16. The van der Waals surface area contributed by atoms with Crippen LogP contribution in [0.25, 0.3) is 0 Å². The Morgan fingerprint density at radius 1 is 1.70 bits per heavy atom. The molecule has 0 aromatic rings. The zero-order chi connectivity index (χ0) is 7.56. The lowest BCUT2D eigenvalue weighted by atomic mass is 10.2. The van der Waals surface area contributed by atoms with Crippen LogP contribution in [0.1, 0.15) is 13.8 Å². The highest BCUT2D eigenvalue weighted by molar-refractivity contribution is 5.14. The van der Waals surface area contributed by atoms with Gasteiger partial charge in [-0.25, -0.2) is 0 Å². The molecule has 1 heterocycles. The molecular weight excluding hydrogens is 124 g/mol. The second kappa shape index (κ2) is 2.85. The first-order valence-electron chi connectivity index (χ1n) is 3.57. The van der Waals surface area contributed by atoms with Crippen LogP contribution in [-0.2, 0) is 0 Å². The Kier molecular flexibility index (Phi) is 2.08. The van der Waals surface area contributed by atoms with Crippen LogP contribution in [0.15, 0.2) is 12.2 Å². The van der Waals surface area contributed by atoms with Gasteiger partial charge in [0.2, 0.25) is 0 Å².